The summed E-state index contributed by atoms with van der Waals surface area (Å²) in [7, 11) is 0. The maximum absolute atomic E-state index is 8.79. The van der Waals surface area contributed by atoms with Crippen molar-refractivity contribution in [1.82, 2.24) is 0 Å². The van der Waals surface area contributed by atoms with Crippen molar-refractivity contribution in [3.05, 3.63) is 96.6 Å². The Labute approximate surface area is 243 Å². The van der Waals surface area contributed by atoms with Gasteiger partial charge in [-0.2, -0.15) is 4.57 Å². The summed E-state index contributed by atoms with van der Waals surface area (Å²) in [6.45, 7) is -5.76. The fourth-order valence-corrected chi connectivity index (χ4v) is 4.12. The van der Waals surface area contributed by atoms with E-state index in [1.54, 1.807) is 66.7 Å². The number of fused-ring (bicyclic) bond motifs is 3. The molecule has 0 saturated heterocycles. The van der Waals surface area contributed by atoms with E-state index < -0.39 is 13.3 Å². The maximum Gasteiger partial charge on any atom is 0.220 e. The lowest BCUT2D eigenvalue weighted by atomic mass is 9.98. The van der Waals surface area contributed by atoms with Crippen LogP contribution in [0.4, 0.5) is 17.1 Å². The molecule has 188 valence electrons. The molecule has 0 atom stereocenters. The number of nitrogens with two attached hydrogens (primary N) is 2. The van der Waals surface area contributed by atoms with Gasteiger partial charge >= 0.3 is 0 Å². The zero-order valence-electron chi connectivity index (χ0n) is 24.4. The number of aromatic nitrogens is 1. The van der Waals surface area contributed by atoms with Crippen LogP contribution in [0.5, 0.6) is 0 Å². The van der Waals surface area contributed by atoms with Crippen molar-refractivity contribution >= 4 is 61.6 Å². The minimum atomic E-state index is -2.98. The third-order valence-electron chi connectivity index (χ3n) is 5.71. The van der Waals surface area contributed by atoms with E-state index in [1.165, 1.54) is 4.57 Å². The van der Waals surface area contributed by atoms with Gasteiger partial charge in [-0.3, -0.25) is 10.8 Å². The van der Waals surface area contributed by atoms with E-state index >= 15 is 0 Å². The van der Waals surface area contributed by atoms with E-state index in [2.05, 4.69) is 15.8 Å². The summed E-state index contributed by atoms with van der Waals surface area (Å²) in [5, 5.41) is 18.0. The van der Waals surface area contributed by atoms with Crippen LogP contribution < -0.4 is 38.4 Å². The largest absolute Gasteiger partial charge is 1.00 e. The van der Waals surface area contributed by atoms with Crippen molar-refractivity contribution in [1.29, 1.82) is 5.41 Å². The standard InChI is InChI=1S/C28H25N7.2BrH/c1-2-35-26-16-20(29)11-13-24(26)23-14-12-22(17-25(23)27(35)18-7-4-3-5-8-18)33-34-32-21-10-6-9-19(15-21)28(30)31;;/h3-17,29H,2H2,1H3,(H4,30,31,32,33);2*1H/i1D3,2D2;;. The minimum absolute atomic E-state index is 0. The Balaban J connectivity index is 0.00000242. The van der Waals surface area contributed by atoms with Crippen LogP contribution in [-0.4, -0.2) is 5.84 Å². The lowest BCUT2D eigenvalue weighted by molar-refractivity contribution is -0.655. The van der Waals surface area contributed by atoms with E-state index in [1.807, 2.05) is 24.3 Å². The molecule has 5 rings (SSSR count). The van der Waals surface area contributed by atoms with Gasteiger partial charge in [0.25, 0.3) is 0 Å². The molecule has 0 aliphatic carbocycles. The Bertz CT molecular complexity index is 1800. The Morgan fingerprint density at radius 1 is 0.973 bits per heavy atom. The van der Waals surface area contributed by atoms with Gasteiger partial charge in [0.15, 0.2) is 0 Å². The fraction of sp³-hybridized carbons (Fsp3) is 0.0714. The Morgan fingerprint density at radius 3 is 2.51 bits per heavy atom. The summed E-state index contributed by atoms with van der Waals surface area (Å²) in [5.74, 6) is -0.0669. The predicted octanol–water partition coefficient (Wildman–Crippen LogP) is 3.53. The maximum atomic E-state index is 8.79. The number of rotatable bonds is 6. The fourth-order valence-electron chi connectivity index (χ4n) is 4.12. The molecule has 6 N–H and O–H groups in total. The monoisotopic (exact) mass is 624 g/mol. The van der Waals surface area contributed by atoms with Crippen molar-refractivity contribution in [3.8, 4) is 11.3 Å². The molecule has 0 saturated carbocycles. The van der Waals surface area contributed by atoms with Crippen LogP contribution >= 0.6 is 17.0 Å². The zero-order valence-corrected chi connectivity index (χ0v) is 22.7. The minimum Gasteiger partial charge on any atom is -1.00 e. The highest BCUT2D eigenvalue weighted by atomic mass is 79.9. The summed E-state index contributed by atoms with van der Waals surface area (Å²) in [6, 6.07) is 26.4. The molecule has 9 heteroatoms. The second-order valence-electron chi connectivity index (χ2n) is 7.97. The molecule has 0 fully saturated rings. The molecule has 0 unspecified atom stereocenters. The second-order valence-corrected chi connectivity index (χ2v) is 7.97. The first kappa shape index (κ1) is 21.3. The molecule has 0 aliphatic heterocycles. The Morgan fingerprint density at radius 2 is 1.76 bits per heavy atom. The van der Waals surface area contributed by atoms with Crippen LogP contribution in [0.2, 0.25) is 0 Å². The summed E-state index contributed by atoms with van der Waals surface area (Å²) >= 11 is 0. The van der Waals surface area contributed by atoms with E-state index in [9.17, 15) is 0 Å². The molecule has 0 aliphatic rings. The summed E-state index contributed by atoms with van der Waals surface area (Å²) in [5.41, 5.74) is 17.8. The lowest BCUT2D eigenvalue weighted by Gasteiger charge is -2.12. The third kappa shape index (κ3) is 5.63. The molecular weight excluding hydrogens is 594 g/mol. The molecule has 1 heterocycles. The number of nitrogens with zero attached hydrogens (tertiary/aromatic N) is 3. The summed E-state index contributed by atoms with van der Waals surface area (Å²) in [6.07, 6.45) is 0. The van der Waals surface area contributed by atoms with Crippen LogP contribution in [-0.2, 0) is 6.50 Å². The van der Waals surface area contributed by atoms with E-state index in [0.717, 1.165) is 5.39 Å². The van der Waals surface area contributed by atoms with Crippen molar-refractivity contribution in [3.63, 3.8) is 0 Å². The first-order chi connectivity index (χ1) is 19.0. The van der Waals surface area contributed by atoms with Crippen LogP contribution in [0.3, 0.4) is 0 Å². The molecule has 4 aromatic carbocycles. The number of anilines is 2. The lowest BCUT2D eigenvalue weighted by Crippen LogP contribution is -3.00. The van der Waals surface area contributed by atoms with Crippen molar-refractivity contribution in [2.75, 3.05) is 11.2 Å². The summed E-state index contributed by atoms with van der Waals surface area (Å²) in [4.78, 5) is 0. The van der Waals surface area contributed by atoms with Crippen LogP contribution in [0.25, 0.3) is 32.9 Å². The van der Waals surface area contributed by atoms with Gasteiger partial charge in [-0.15, -0.1) is 22.1 Å². The van der Waals surface area contributed by atoms with Crippen LogP contribution in [0.15, 0.2) is 101 Å². The SMILES string of the molecule is Br.[2H]C([2H])([2H])C([2H])([2H])[n+]1c(-c2ccccc2)c2cc(N=NNc3cccc(C(=N)N)c3)ccc2c2ccc(N)cc21.[Br-]. The highest BCUT2D eigenvalue weighted by Crippen LogP contribution is 2.34. The van der Waals surface area contributed by atoms with Gasteiger partial charge in [-0.05, 0) is 55.4 Å². The Kier molecular flexibility index (Phi) is 6.87. The van der Waals surface area contributed by atoms with Gasteiger partial charge in [0.05, 0.1) is 22.1 Å². The quantitative estimate of drug-likeness (QED) is 0.0440. The number of nitrogen functional groups attached to an aromatic ring is 2. The van der Waals surface area contributed by atoms with Crippen molar-refractivity contribution in [2.24, 2.45) is 16.1 Å². The molecule has 37 heavy (non-hydrogen) atoms. The number of nitrogens with one attached hydrogen (secondary N) is 2. The molecule has 7 nitrogen and oxygen atoms in total. The van der Waals surface area contributed by atoms with Crippen LogP contribution in [0.1, 0.15) is 19.3 Å². The van der Waals surface area contributed by atoms with E-state index in [4.69, 9.17) is 23.7 Å². The van der Waals surface area contributed by atoms with Gasteiger partial charge < -0.3 is 28.4 Å². The highest BCUT2D eigenvalue weighted by Gasteiger charge is 2.22. The molecule has 5 aromatic rings. The van der Waals surface area contributed by atoms with E-state index in [0.29, 0.717) is 50.2 Å². The number of hydrogen-bond acceptors (Lipinski definition) is 4. The Hall–Kier alpha value is -3.82. The van der Waals surface area contributed by atoms with Crippen molar-refractivity contribution < 1.29 is 28.4 Å². The number of hydrogen-bond donors (Lipinski definition) is 4. The van der Waals surface area contributed by atoms with Gasteiger partial charge in [-0.25, -0.2) is 0 Å². The van der Waals surface area contributed by atoms with Gasteiger partial charge in [0, 0.05) is 32.4 Å². The molecule has 0 bridgehead atoms. The smallest absolute Gasteiger partial charge is 0.220 e. The van der Waals surface area contributed by atoms with Gasteiger partial charge in [0.1, 0.15) is 15.1 Å². The first-order valence-electron chi connectivity index (χ1n) is 13.4. The second kappa shape index (κ2) is 11.9. The number of benzene rings is 4. The average molecular weight is 626 g/mol. The molecule has 1 aromatic heterocycles. The highest BCUT2D eigenvalue weighted by molar-refractivity contribution is 8.93. The molecule has 0 spiro atoms. The first-order valence-corrected chi connectivity index (χ1v) is 10.9. The molecule has 0 amide bonds. The average Bonchev–Trinajstić information content (AvgIpc) is 2.92. The predicted molar refractivity (Wildman–Crippen MR) is 153 cm³/mol. The number of amidine groups is 1. The van der Waals surface area contributed by atoms with Gasteiger partial charge in [0.2, 0.25) is 11.2 Å². The normalized spacial score (nSPS) is 13.5. The third-order valence-corrected chi connectivity index (χ3v) is 5.71. The number of halogens is 2. The van der Waals surface area contributed by atoms with Gasteiger partial charge in [-0.1, -0.05) is 41.6 Å². The zero-order chi connectivity index (χ0) is 28.7. The topological polar surface area (TPSA) is 117 Å². The molecular formula is C28H27Br2N7. The van der Waals surface area contributed by atoms with Crippen molar-refractivity contribution in [2.45, 2.75) is 13.3 Å². The molecule has 0 radical (unpaired) electrons. The van der Waals surface area contributed by atoms with Crippen LogP contribution in [0, 0.1) is 5.41 Å². The number of aryl methyl sites for hydroxylation is 1. The number of pyridine rings is 1. The van der Waals surface area contributed by atoms with E-state index in [-0.39, 0.29) is 39.8 Å². The summed E-state index contributed by atoms with van der Waals surface area (Å²) < 4.78 is 43.0.